The lowest BCUT2D eigenvalue weighted by Gasteiger charge is -2.19. The molecule has 172 valence electrons. The average molecular weight is 539 g/mol. The molecule has 1 atom stereocenters. The number of halogens is 1. The van der Waals surface area contributed by atoms with Crippen LogP contribution in [0.1, 0.15) is 75.3 Å². The van der Waals surface area contributed by atoms with Gasteiger partial charge < -0.3 is 15.2 Å². The average Bonchev–Trinajstić information content (AvgIpc) is 2.96. The summed E-state index contributed by atoms with van der Waals surface area (Å²) in [6.45, 7) is 8.62. The molecule has 0 saturated carbocycles. The highest BCUT2D eigenvalue weighted by molar-refractivity contribution is 14.0. The van der Waals surface area contributed by atoms with Gasteiger partial charge in [-0.2, -0.15) is 0 Å². The quantitative estimate of drug-likeness (QED) is 0.222. The summed E-state index contributed by atoms with van der Waals surface area (Å²) in [4.78, 5) is 4.39. The molecule has 0 radical (unpaired) electrons. The monoisotopic (exact) mass is 538 g/mol. The van der Waals surface area contributed by atoms with Crippen LogP contribution in [0.15, 0.2) is 29.3 Å². The summed E-state index contributed by atoms with van der Waals surface area (Å²) in [5.74, 6) is 3.82. The van der Waals surface area contributed by atoms with E-state index in [4.69, 9.17) is 0 Å². The Morgan fingerprint density at radius 3 is 2.58 bits per heavy atom. The van der Waals surface area contributed by atoms with Crippen LogP contribution in [0.2, 0.25) is 0 Å². The second-order valence-electron chi connectivity index (χ2n) is 8.80. The number of aromatic nitrogens is 3. The fraction of sp³-hybridized carbons (Fsp3) is 0.625. The fourth-order valence-electron chi connectivity index (χ4n) is 4.08. The Labute approximate surface area is 204 Å². The van der Waals surface area contributed by atoms with E-state index in [2.05, 4.69) is 75.4 Å². The Balaban J connectivity index is 0.00000341. The van der Waals surface area contributed by atoms with Gasteiger partial charge in [0.1, 0.15) is 11.6 Å². The highest BCUT2D eigenvalue weighted by atomic mass is 127. The third-order valence-corrected chi connectivity index (χ3v) is 5.76. The molecule has 1 aromatic carbocycles. The van der Waals surface area contributed by atoms with Crippen LogP contribution >= 0.6 is 24.0 Å². The van der Waals surface area contributed by atoms with Gasteiger partial charge in [-0.1, -0.05) is 44.5 Å². The number of aliphatic imine (C=N–C) groups is 1. The van der Waals surface area contributed by atoms with Crippen LogP contribution in [0.4, 0.5) is 0 Å². The topological polar surface area (TPSA) is 67.1 Å². The van der Waals surface area contributed by atoms with E-state index in [1.165, 1.54) is 36.2 Å². The number of fused-ring (bicyclic) bond motifs is 1. The van der Waals surface area contributed by atoms with Gasteiger partial charge in [-0.05, 0) is 49.7 Å². The summed E-state index contributed by atoms with van der Waals surface area (Å²) in [7, 11) is 1.83. The van der Waals surface area contributed by atoms with Crippen molar-refractivity contribution in [2.75, 3.05) is 13.6 Å². The van der Waals surface area contributed by atoms with Crippen molar-refractivity contribution in [3.05, 3.63) is 47.0 Å². The van der Waals surface area contributed by atoms with Crippen molar-refractivity contribution in [3.8, 4) is 0 Å². The second-order valence-corrected chi connectivity index (χ2v) is 8.80. The van der Waals surface area contributed by atoms with Crippen LogP contribution < -0.4 is 10.6 Å². The Kier molecular flexibility index (Phi) is 10.8. The number of nitrogens with one attached hydrogen (secondary N) is 2. The lowest BCUT2D eigenvalue weighted by Crippen LogP contribution is -2.39. The minimum absolute atomic E-state index is 0. The van der Waals surface area contributed by atoms with Gasteiger partial charge in [-0.25, -0.2) is 0 Å². The molecule has 6 nitrogen and oxygen atoms in total. The van der Waals surface area contributed by atoms with Gasteiger partial charge in [0.2, 0.25) is 0 Å². The molecule has 0 fully saturated rings. The molecule has 0 aliphatic carbocycles. The smallest absolute Gasteiger partial charge is 0.191 e. The highest BCUT2D eigenvalue weighted by Crippen LogP contribution is 2.16. The second kappa shape index (κ2) is 13.0. The van der Waals surface area contributed by atoms with Crippen LogP contribution in [-0.2, 0) is 25.8 Å². The van der Waals surface area contributed by atoms with E-state index in [0.717, 1.165) is 50.6 Å². The van der Waals surface area contributed by atoms with Gasteiger partial charge in [0.15, 0.2) is 5.96 Å². The molecule has 0 bridgehead atoms. The summed E-state index contributed by atoms with van der Waals surface area (Å²) in [5, 5.41) is 15.8. The molecule has 1 aliphatic rings. The number of benzene rings is 1. The molecule has 7 heteroatoms. The summed E-state index contributed by atoms with van der Waals surface area (Å²) in [6.07, 6.45) is 7.92. The standard InChI is InChI=1S/C24H38N6.HI/c1-18(2)17-20-11-13-21(14-12-20)19(3)27-24(25-4)26-15-8-10-23-29-28-22-9-6-5-7-16-30(22)23;/h11-14,18-19H,5-10,15-17H2,1-4H3,(H2,25,26,27);1H. The van der Waals surface area contributed by atoms with Crippen LogP contribution in [0.25, 0.3) is 0 Å². The predicted octanol–water partition coefficient (Wildman–Crippen LogP) is 4.68. The number of hydrogen-bond acceptors (Lipinski definition) is 3. The van der Waals surface area contributed by atoms with E-state index in [9.17, 15) is 0 Å². The number of guanidine groups is 1. The SMILES string of the molecule is CN=C(NCCCc1nnc2n1CCCCC2)NC(C)c1ccc(CC(C)C)cc1.I. The molecule has 3 rings (SSSR count). The van der Waals surface area contributed by atoms with Gasteiger partial charge in [0.05, 0.1) is 6.04 Å². The lowest BCUT2D eigenvalue weighted by atomic mass is 10.00. The van der Waals surface area contributed by atoms with E-state index >= 15 is 0 Å². The normalized spacial score (nSPS) is 15.1. The van der Waals surface area contributed by atoms with Gasteiger partial charge in [0, 0.05) is 33.0 Å². The molecule has 0 amide bonds. The summed E-state index contributed by atoms with van der Waals surface area (Å²) in [5.41, 5.74) is 2.67. The number of aryl methyl sites for hydroxylation is 2. The van der Waals surface area contributed by atoms with Gasteiger partial charge >= 0.3 is 0 Å². The number of hydrogen-bond donors (Lipinski definition) is 2. The van der Waals surface area contributed by atoms with E-state index in [0.29, 0.717) is 5.92 Å². The van der Waals surface area contributed by atoms with Crippen molar-refractivity contribution in [1.29, 1.82) is 0 Å². The minimum atomic E-state index is 0. The van der Waals surface area contributed by atoms with Crippen molar-refractivity contribution >= 4 is 29.9 Å². The zero-order chi connectivity index (χ0) is 21.3. The predicted molar refractivity (Wildman–Crippen MR) is 139 cm³/mol. The van der Waals surface area contributed by atoms with Crippen LogP contribution in [0.5, 0.6) is 0 Å². The first-order chi connectivity index (χ1) is 14.6. The van der Waals surface area contributed by atoms with Crippen LogP contribution in [-0.4, -0.2) is 34.3 Å². The number of nitrogens with zero attached hydrogens (tertiary/aromatic N) is 4. The third kappa shape index (κ3) is 7.77. The number of rotatable bonds is 8. The molecule has 1 aliphatic heterocycles. The summed E-state index contributed by atoms with van der Waals surface area (Å²) < 4.78 is 2.34. The maximum absolute atomic E-state index is 4.43. The Morgan fingerprint density at radius 2 is 1.87 bits per heavy atom. The molecule has 0 spiro atoms. The van der Waals surface area contributed by atoms with E-state index < -0.39 is 0 Å². The molecule has 2 heterocycles. The van der Waals surface area contributed by atoms with E-state index in [1.54, 1.807) is 0 Å². The molecule has 2 N–H and O–H groups in total. The third-order valence-electron chi connectivity index (χ3n) is 5.76. The van der Waals surface area contributed by atoms with Crippen molar-refractivity contribution in [1.82, 2.24) is 25.4 Å². The van der Waals surface area contributed by atoms with Crippen molar-refractivity contribution in [2.45, 2.75) is 78.3 Å². The van der Waals surface area contributed by atoms with E-state index in [-0.39, 0.29) is 30.0 Å². The maximum Gasteiger partial charge on any atom is 0.191 e. The zero-order valence-electron chi connectivity index (χ0n) is 19.5. The summed E-state index contributed by atoms with van der Waals surface area (Å²) in [6, 6.07) is 9.13. The van der Waals surface area contributed by atoms with Crippen molar-refractivity contribution < 1.29 is 0 Å². The molecule has 1 aromatic heterocycles. The van der Waals surface area contributed by atoms with Gasteiger partial charge in [0.25, 0.3) is 0 Å². The van der Waals surface area contributed by atoms with Crippen LogP contribution in [0.3, 0.4) is 0 Å². The Hall–Kier alpha value is -1.64. The first-order valence-electron chi connectivity index (χ1n) is 11.5. The first-order valence-corrected chi connectivity index (χ1v) is 11.5. The Morgan fingerprint density at radius 1 is 1.10 bits per heavy atom. The molecular formula is C24H39IN6. The van der Waals surface area contributed by atoms with Gasteiger partial charge in [-0.3, -0.25) is 4.99 Å². The Bertz CT molecular complexity index is 812. The summed E-state index contributed by atoms with van der Waals surface area (Å²) >= 11 is 0. The highest BCUT2D eigenvalue weighted by Gasteiger charge is 2.14. The molecule has 1 unspecified atom stereocenters. The minimum Gasteiger partial charge on any atom is -0.356 e. The molecule has 31 heavy (non-hydrogen) atoms. The van der Waals surface area contributed by atoms with Crippen LogP contribution in [0, 0.1) is 5.92 Å². The van der Waals surface area contributed by atoms with Crippen molar-refractivity contribution in [3.63, 3.8) is 0 Å². The largest absolute Gasteiger partial charge is 0.356 e. The lowest BCUT2D eigenvalue weighted by molar-refractivity contribution is 0.592. The molecule has 2 aromatic rings. The van der Waals surface area contributed by atoms with Gasteiger partial charge in [-0.15, -0.1) is 34.2 Å². The molecular weight excluding hydrogens is 499 g/mol. The first kappa shape index (κ1) is 25.6. The van der Waals surface area contributed by atoms with Crippen molar-refractivity contribution in [2.24, 2.45) is 10.9 Å². The van der Waals surface area contributed by atoms with E-state index in [1.807, 2.05) is 7.05 Å². The fourth-order valence-corrected chi connectivity index (χ4v) is 4.08. The zero-order valence-corrected chi connectivity index (χ0v) is 21.9. The molecule has 0 saturated heterocycles. The maximum atomic E-state index is 4.43.